The lowest BCUT2D eigenvalue weighted by atomic mass is 10.2. The van der Waals surface area contributed by atoms with Gasteiger partial charge in [-0.2, -0.15) is 0 Å². The van der Waals surface area contributed by atoms with Crippen molar-refractivity contribution < 1.29 is 9.84 Å². The van der Waals surface area contributed by atoms with Gasteiger partial charge >= 0.3 is 0 Å². The van der Waals surface area contributed by atoms with E-state index in [0.717, 1.165) is 23.7 Å². The molecule has 102 valence electrons. The molecular weight excluding hydrogens is 232 g/mol. The number of hydrogen-bond donors (Lipinski definition) is 3. The lowest BCUT2D eigenvalue weighted by Gasteiger charge is -2.19. The molecule has 0 radical (unpaired) electrons. The van der Waals surface area contributed by atoms with E-state index in [4.69, 9.17) is 9.84 Å². The molecule has 3 N–H and O–H groups in total. The van der Waals surface area contributed by atoms with E-state index in [2.05, 4.69) is 20.6 Å². The number of nitrogens with one attached hydrogen (secondary N) is 2. The molecule has 18 heavy (non-hydrogen) atoms. The summed E-state index contributed by atoms with van der Waals surface area (Å²) in [5.41, 5.74) is 0.971. The molecule has 0 aliphatic rings. The van der Waals surface area contributed by atoms with E-state index in [1.807, 2.05) is 13.8 Å². The van der Waals surface area contributed by atoms with Crippen LogP contribution in [0.2, 0.25) is 0 Å². The summed E-state index contributed by atoms with van der Waals surface area (Å²) < 4.78 is 5.11. The molecule has 0 saturated carbocycles. The molecule has 1 atom stereocenters. The number of nitrogens with zero attached hydrogens (tertiary/aromatic N) is 2. The molecule has 6 nitrogen and oxygen atoms in total. The Morgan fingerprint density at radius 1 is 1.39 bits per heavy atom. The first kappa shape index (κ1) is 14.7. The van der Waals surface area contributed by atoms with Crippen molar-refractivity contribution in [3.05, 3.63) is 11.9 Å². The maximum Gasteiger partial charge on any atom is 0.134 e. The van der Waals surface area contributed by atoms with E-state index in [0.29, 0.717) is 13.0 Å². The summed E-state index contributed by atoms with van der Waals surface area (Å²) in [7, 11) is 1.64. The van der Waals surface area contributed by atoms with Crippen molar-refractivity contribution in [2.75, 3.05) is 37.5 Å². The molecule has 0 saturated heterocycles. The number of anilines is 2. The van der Waals surface area contributed by atoms with Gasteiger partial charge in [-0.25, -0.2) is 9.97 Å². The van der Waals surface area contributed by atoms with Crippen LogP contribution in [0.3, 0.4) is 0 Å². The Bertz CT molecular complexity index is 354. The van der Waals surface area contributed by atoms with Crippen molar-refractivity contribution in [1.29, 1.82) is 0 Å². The average molecular weight is 254 g/mol. The second kappa shape index (κ2) is 7.84. The summed E-state index contributed by atoms with van der Waals surface area (Å²) in [5, 5.41) is 15.5. The van der Waals surface area contributed by atoms with E-state index in [-0.39, 0.29) is 12.6 Å². The van der Waals surface area contributed by atoms with Crippen LogP contribution >= 0.6 is 0 Å². The first-order chi connectivity index (χ1) is 8.72. The third-order valence-electron chi connectivity index (χ3n) is 2.61. The SMILES string of the molecule is CCNc1ncnc(NC(CCO)COC)c1C. The first-order valence-electron chi connectivity index (χ1n) is 6.14. The Morgan fingerprint density at radius 2 is 2.11 bits per heavy atom. The van der Waals surface area contributed by atoms with Gasteiger partial charge in [0.25, 0.3) is 0 Å². The third kappa shape index (κ3) is 4.12. The van der Waals surface area contributed by atoms with Crippen molar-refractivity contribution in [2.45, 2.75) is 26.3 Å². The molecule has 0 aliphatic carbocycles. The maximum atomic E-state index is 9.01. The van der Waals surface area contributed by atoms with Gasteiger partial charge in [0, 0.05) is 25.8 Å². The molecule has 1 aromatic rings. The van der Waals surface area contributed by atoms with Gasteiger partial charge in [0.1, 0.15) is 18.0 Å². The first-order valence-corrected chi connectivity index (χ1v) is 6.14. The monoisotopic (exact) mass is 254 g/mol. The number of ether oxygens (including phenoxy) is 1. The van der Waals surface area contributed by atoms with Gasteiger partial charge < -0.3 is 20.5 Å². The minimum absolute atomic E-state index is 0.0445. The molecule has 6 heteroatoms. The average Bonchev–Trinajstić information content (AvgIpc) is 2.35. The van der Waals surface area contributed by atoms with Crippen LogP contribution in [0, 0.1) is 6.92 Å². The Morgan fingerprint density at radius 3 is 2.72 bits per heavy atom. The highest BCUT2D eigenvalue weighted by Gasteiger charge is 2.12. The number of rotatable bonds is 8. The topological polar surface area (TPSA) is 79.3 Å². The number of aromatic nitrogens is 2. The molecule has 1 heterocycles. The van der Waals surface area contributed by atoms with Crippen LogP contribution in [0.25, 0.3) is 0 Å². The van der Waals surface area contributed by atoms with Crippen molar-refractivity contribution >= 4 is 11.6 Å². The summed E-state index contributed by atoms with van der Waals surface area (Å²) in [5.74, 6) is 1.60. The molecular formula is C12H22N4O2. The lowest BCUT2D eigenvalue weighted by Crippen LogP contribution is -2.27. The number of methoxy groups -OCH3 is 1. The second-order valence-electron chi connectivity index (χ2n) is 4.04. The van der Waals surface area contributed by atoms with Gasteiger partial charge in [-0.3, -0.25) is 0 Å². The van der Waals surface area contributed by atoms with Crippen molar-refractivity contribution in [3.8, 4) is 0 Å². The summed E-state index contributed by atoms with van der Waals surface area (Å²) in [4.78, 5) is 8.41. The van der Waals surface area contributed by atoms with Crippen LogP contribution in [0.5, 0.6) is 0 Å². The predicted octanol–water partition coefficient (Wildman–Crippen LogP) is 1.03. The smallest absolute Gasteiger partial charge is 0.134 e. The highest BCUT2D eigenvalue weighted by molar-refractivity contribution is 5.56. The lowest BCUT2D eigenvalue weighted by molar-refractivity contribution is 0.170. The van der Waals surface area contributed by atoms with Gasteiger partial charge in [-0.15, -0.1) is 0 Å². The molecule has 0 bridgehead atoms. The molecule has 1 unspecified atom stereocenters. The fourth-order valence-corrected chi connectivity index (χ4v) is 1.69. The molecule has 1 aromatic heterocycles. The van der Waals surface area contributed by atoms with Crippen LogP contribution in [0.15, 0.2) is 6.33 Å². The van der Waals surface area contributed by atoms with Crippen LogP contribution in [0.1, 0.15) is 18.9 Å². The zero-order valence-corrected chi connectivity index (χ0v) is 11.2. The normalized spacial score (nSPS) is 12.2. The van der Waals surface area contributed by atoms with Crippen LogP contribution in [-0.2, 0) is 4.74 Å². The van der Waals surface area contributed by atoms with Crippen LogP contribution < -0.4 is 10.6 Å². The van der Waals surface area contributed by atoms with Crippen molar-refractivity contribution in [3.63, 3.8) is 0 Å². The van der Waals surface area contributed by atoms with Gasteiger partial charge in [-0.1, -0.05) is 0 Å². The van der Waals surface area contributed by atoms with E-state index in [1.54, 1.807) is 7.11 Å². The highest BCUT2D eigenvalue weighted by atomic mass is 16.5. The summed E-state index contributed by atoms with van der Waals surface area (Å²) in [6.45, 7) is 5.44. The van der Waals surface area contributed by atoms with Gasteiger partial charge in [0.15, 0.2) is 0 Å². The summed E-state index contributed by atoms with van der Waals surface area (Å²) >= 11 is 0. The number of aliphatic hydroxyl groups is 1. The highest BCUT2D eigenvalue weighted by Crippen LogP contribution is 2.19. The summed E-state index contributed by atoms with van der Waals surface area (Å²) in [6, 6.07) is 0.0445. The number of hydrogen-bond acceptors (Lipinski definition) is 6. The van der Waals surface area contributed by atoms with E-state index < -0.39 is 0 Å². The third-order valence-corrected chi connectivity index (χ3v) is 2.61. The largest absolute Gasteiger partial charge is 0.396 e. The maximum absolute atomic E-state index is 9.01. The zero-order valence-electron chi connectivity index (χ0n) is 11.2. The van der Waals surface area contributed by atoms with Gasteiger partial charge in [0.2, 0.25) is 0 Å². The van der Waals surface area contributed by atoms with E-state index in [9.17, 15) is 0 Å². The summed E-state index contributed by atoms with van der Waals surface area (Å²) in [6.07, 6.45) is 2.14. The van der Waals surface area contributed by atoms with Gasteiger partial charge in [0.05, 0.1) is 12.6 Å². The molecule has 0 fully saturated rings. The minimum atomic E-state index is 0.0445. The second-order valence-corrected chi connectivity index (χ2v) is 4.04. The molecule has 0 amide bonds. The Balaban J connectivity index is 2.78. The van der Waals surface area contributed by atoms with Crippen LogP contribution in [-0.4, -0.2) is 48.0 Å². The van der Waals surface area contributed by atoms with Gasteiger partial charge in [-0.05, 0) is 20.3 Å². The Kier molecular flexibility index (Phi) is 6.38. The van der Waals surface area contributed by atoms with E-state index >= 15 is 0 Å². The molecule has 0 spiro atoms. The Hall–Kier alpha value is -1.40. The fraction of sp³-hybridized carbons (Fsp3) is 0.667. The predicted molar refractivity (Wildman–Crippen MR) is 71.9 cm³/mol. The van der Waals surface area contributed by atoms with Crippen molar-refractivity contribution in [1.82, 2.24) is 9.97 Å². The standard InChI is InChI=1S/C12H22N4O2/c1-4-13-11-9(2)12(15-8-14-11)16-10(5-6-17)7-18-3/h8,10,17H,4-7H2,1-3H3,(H2,13,14,15,16). The van der Waals surface area contributed by atoms with Crippen LogP contribution in [0.4, 0.5) is 11.6 Å². The van der Waals surface area contributed by atoms with Crippen molar-refractivity contribution in [2.24, 2.45) is 0 Å². The minimum Gasteiger partial charge on any atom is -0.396 e. The Labute approximate surface area is 108 Å². The molecule has 1 rings (SSSR count). The van der Waals surface area contributed by atoms with E-state index in [1.165, 1.54) is 6.33 Å². The quantitative estimate of drug-likeness (QED) is 0.643. The fourth-order valence-electron chi connectivity index (χ4n) is 1.69. The molecule has 0 aromatic carbocycles. The number of aliphatic hydroxyl groups excluding tert-OH is 1. The zero-order chi connectivity index (χ0) is 13.4. The molecule has 0 aliphatic heterocycles.